The van der Waals surface area contributed by atoms with Crippen LogP contribution in [0.2, 0.25) is 0 Å². The fourth-order valence-corrected chi connectivity index (χ4v) is 2.09. The third-order valence-corrected chi connectivity index (χ3v) is 3.15. The summed E-state index contributed by atoms with van der Waals surface area (Å²) in [5.74, 6) is 1.63. The number of nitrogens with zero attached hydrogens (tertiary/aromatic N) is 2. The Hall–Kier alpha value is -2.62. The average Bonchev–Trinajstić information content (AvgIpc) is 2.53. The summed E-state index contributed by atoms with van der Waals surface area (Å²) in [6.45, 7) is 0.735. The molecule has 2 aromatic carbocycles. The lowest BCUT2D eigenvalue weighted by molar-refractivity contribution is 0.415. The second-order valence-electron chi connectivity index (χ2n) is 4.44. The van der Waals surface area contributed by atoms with Crippen molar-refractivity contribution in [2.24, 2.45) is 0 Å². The summed E-state index contributed by atoms with van der Waals surface area (Å²) in [6, 6.07) is 16.0. The van der Waals surface area contributed by atoms with Gasteiger partial charge < -0.3 is 10.1 Å². The molecule has 1 N–H and O–H groups in total. The van der Waals surface area contributed by atoms with Crippen molar-refractivity contribution >= 4 is 16.7 Å². The summed E-state index contributed by atoms with van der Waals surface area (Å²) >= 11 is 0. The third kappa shape index (κ3) is 2.54. The second-order valence-corrected chi connectivity index (χ2v) is 4.44. The van der Waals surface area contributed by atoms with Gasteiger partial charge in [0.15, 0.2) is 0 Å². The minimum atomic E-state index is 0.735. The van der Waals surface area contributed by atoms with E-state index in [1.807, 2.05) is 36.4 Å². The first-order valence-electron chi connectivity index (χ1n) is 6.43. The first-order valence-corrected chi connectivity index (χ1v) is 6.43. The maximum atomic E-state index is 5.21. The summed E-state index contributed by atoms with van der Waals surface area (Å²) in [7, 11) is 1.65. The summed E-state index contributed by atoms with van der Waals surface area (Å²) in [4.78, 5) is 8.59. The van der Waals surface area contributed by atoms with E-state index in [-0.39, 0.29) is 0 Å². The maximum Gasteiger partial charge on any atom is 0.137 e. The molecule has 0 atom stereocenters. The van der Waals surface area contributed by atoms with Crippen LogP contribution in [0.1, 0.15) is 5.56 Å². The Morgan fingerprint density at radius 3 is 2.70 bits per heavy atom. The molecular weight excluding hydrogens is 250 g/mol. The van der Waals surface area contributed by atoms with Crippen LogP contribution in [0, 0.1) is 0 Å². The van der Waals surface area contributed by atoms with Gasteiger partial charge in [0.05, 0.1) is 12.6 Å². The van der Waals surface area contributed by atoms with Gasteiger partial charge in [-0.1, -0.05) is 30.3 Å². The van der Waals surface area contributed by atoms with Gasteiger partial charge in [-0.2, -0.15) is 0 Å². The highest BCUT2D eigenvalue weighted by Gasteiger charge is 2.04. The molecule has 3 aromatic rings. The zero-order chi connectivity index (χ0) is 13.8. The summed E-state index contributed by atoms with van der Waals surface area (Å²) in [5, 5.41) is 4.34. The van der Waals surface area contributed by atoms with E-state index in [4.69, 9.17) is 4.74 Å². The third-order valence-electron chi connectivity index (χ3n) is 3.15. The van der Waals surface area contributed by atoms with Crippen LogP contribution >= 0.6 is 0 Å². The minimum absolute atomic E-state index is 0.735. The Bertz CT molecular complexity index is 713. The molecule has 0 bridgehead atoms. The highest BCUT2D eigenvalue weighted by atomic mass is 16.5. The van der Waals surface area contributed by atoms with E-state index in [0.29, 0.717) is 0 Å². The van der Waals surface area contributed by atoms with Crippen LogP contribution in [0.5, 0.6) is 5.75 Å². The average molecular weight is 265 g/mol. The number of hydrogen-bond acceptors (Lipinski definition) is 4. The van der Waals surface area contributed by atoms with Gasteiger partial charge in [-0.15, -0.1) is 0 Å². The fourth-order valence-electron chi connectivity index (χ4n) is 2.09. The Kier molecular flexibility index (Phi) is 3.46. The number of ether oxygens (including phenoxy) is 1. The summed E-state index contributed by atoms with van der Waals surface area (Å²) in [5.41, 5.74) is 2.09. The standard InChI is InChI=1S/C16H15N3O/c1-20-13-7-8-14-15(9-13)18-11-19-16(14)17-10-12-5-3-2-4-6-12/h2-9,11H,10H2,1H3,(H,17,18,19). The van der Waals surface area contributed by atoms with Crippen molar-refractivity contribution in [3.05, 3.63) is 60.4 Å². The molecule has 0 saturated carbocycles. The predicted molar refractivity (Wildman–Crippen MR) is 79.9 cm³/mol. The van der Waals surface area contributed by atoms with Gasteiger partial charge in [-0.25, -0.2) is 9.97 Å². The van der Waals surface area contributed by atoms with Crippen molar-refractivity contribution in [3.8, 4) is 5.75 Å². The SMILES string of the molecule is COc1ccc2c(NCc3ccccc3)ncnc2c1. The minimum Gasteiger partial charge on any atom is -0.497 e. The molecule has 0 fully saturated rings. The number of hydrogen-bond donors (Lipinski definition) is 1. The molecule has 1 heterocycles. The van der Waals surface area contributed by atoms with Gasteiger partial charge in [0, 0.05) is 18.0 Å². The molecule has 4 heteroatoms. The monoisotopic (exact) mass is 265 g/mol. The quantitative estimate of drug-likeness (QED) is 0.786. The normalized spacial score (nSPS) is 10.4. The summed E-state index contributed by atoms with van der Waals surface area (Å²) in [6.07, 6.45) is 1.56. The molecule has 0 aliphatic heterocycles. The largest absolute Gasteiger partial charge is 0.497 e. The first kappa shape index (κ1) is 12.4. The molecule has 0 radical (unpaired) electrons. The topological polar surface area (TPSA) is 47.0 Å². The van der Waals surface area contributed by atoms with E-state index < -0.39 is 0 Å². The number of aromatic nitrogens is 2. The zero-order valence-corrected chi connectivity index (χ0v) is 11.2. The van der Waals surface area contributed by atoms with Crippen LogP contribution < -0.4 is 10.1 Å². The Morgan fingerprint density at radius 2 is 1.90 bits per heavy atom. The molecule has 1 aromatic heterocycles. The van der Waals surface area contributed by atoms with Gasteiger partial charge in [0.25, 0.3) is 0 Å². The zero-order valence-electron chi connectivity index (χ0n) is 11.2. The van der Waals surface area contributed by atoms with Gasteiger partial charge in [0.1, 0.15) is 17.9 Å². The Balaban J connectivity index is 1.88. The molecular formula is C16H15N3O. The maximum absolute atomic E-state index is 5.21. The number of nitrogens with one attached hydrogen (secondary N) is 1. The van der Waals surface area contributed by atoms with Crippen molar-refractivity contribution in [1.82, 2.24) is 9.97 Å². The molecule has 100 valence electrons. The van der Waals surface area contributed by atoms with Crippen LogP contribution in [0.25, 0.3) is 10.9 Å². The van der Waals surface area contributed by atoms with Gasteiger partial charge in [-0.05, 0) is 17.7 Å². The predicted octanol–water partition coefficient (Wildman–Crippen LogP) is 3.25. The molecule has 0 unspecified atom stereocenters. The van der Waals surface area contributed by atoms with Crippen LogP contribution in [0.4, 0.5) is 5.82 Å². The van der Waals surface area contributed by atoms with Crippen molar-refractivity contribution in [1.29, 1.82) is 0 Å². The Labute approximate surface area is 117 Å². The van der Waals surface area contributed by atoms with Gasteiger partial charge in [0.2, 0.25) is 0 Å². The van der Waals surface area contributed by atoms with E-state index in [2.05, 4.69) is 27.4 Å². The van der Waals surface area contributed by atoms with Crippen molar-refractivity contribution < 1.29 is 4.74 Å². The highest BCUT2D eigenvalue weighted by Crippen LogP contribution is 2.23. The summed E-state index contributed by atoms with van der Waals surface area (Å²) < 4.78 is 5.21. The lowest BCUT2D eigenvalue weighted by atomic mass is 10.2. The number of rotatable bonds is 4. The van der Waals surface area contributed by atoms with E-state index >= 15 is 0 Å². The smallest absolute Gasteiger partial charge is 0.137 e. The van der Waals surface area contributed by atoms with Crippen LogP contribution in [-0.4, -0.2) is 17.1 Å². The van der Waals surface area contributed by atoms with E-state index in [1.54, 1.807) is 13.4 Å². The van der Waals surface area contributed by atoms with E-state index in [9.17, 15) is 0 Å². The molecule has 3 rings (SSSR count). The van der Waals surface area contributed by atoms with E-state index in [0.717, 1.165) is 29.0 Å². The van der Waals surface area contributed by atoms with E-state index in [1.165, 1.54) is 5.56 Å². The number of fused-ring (bicyclic) bond motifs is 1. The first-order chi connectivity index (χ1) is 9.86. The molecule has 4 nitrogen and oxygen atoms in total. The van der Waals surface area contributed by atoms with Crippen molar-refractivity contribution in [2.45, 2.75) is 6.54 Å². The lowest BCUT2D eigenvalue weighted by Crippen LogP contribution is -2.02. The molecule has 20 heavy (non-hydrogen) atoms. The van der Waals surface area contributed by atoms with Gasteiger partial charge >= 0.3 is 0 Å². The second kappa shape index (κ2) is 5.57. The Morgan fingerprint density at radius 1 is 1.05 bits per heavy atom. The van der Waals surface area contributed by atoms with Crippen LogP contribution in [0.3, 0.4) is 0 Å². The van der Waals surface area contributed by atoms with Crippen LogP contribution in [0.15, 0.2) is 54.9 Å². The lowest BCUT2D eigenvalue weighted by Gasteiger charge is -2.09. The molecule has 0 aliphatic carbocycles. The molecule has 0 aliphatic rings. The van der Waals surface area contributed by atoms with Crippen molar-refractivity contribution in [2.75, 3.05) is 12.4 Å². The number of benzene rings is 2. The molecule has 0 amide bonds. The molecule has 0 saturated heterocycles. The van der Waals surface area contributed by atoms with Crippen molar-refractivity contribution in [3.63, 3.8) is 0 Å². The number of anilines is 1. The van der Waals surface area contributed by atoms with Crippen LogP contribution in [-0.2, 0) is 6.54 Å². The fraction of sp³-hybridized carbons (Fsp3) is 0.125. The molecule has 0 spiro atoms. The number of methoxy groups -OCH3 is 1. The highest BCUT2D eigenvalue weighted by molar-refractivity contribution is 5.89. The van der Waals surface area contributed by atoms with Gasteiger partial charge in [-0.3, -0.25) is 0 Å².